The largest absolute Gasteiger partial charge is 0.367 e. The van der Waals surface area contributed by atoms with Crippen LogP contribution in [-0.4, -0.2) is 41.5 Å². The quantitative estimate of drug-likeness (QED) is 0.800. The van der Waals surface area contributed by atoms with Crippen LogP contribution in [0.4, 0.5) is 0 Å². The van der Waals surface area contributed by atoms with E-state index in [-0.39, 0.29) is 17.6 Å². The van der Waals surface area contributed by atoms with Crippen LogP contribution in [0.3, 0.4) is 0 Å². The van der Waals surface area contributed by atoms with Crippen molar-refractivity contribution in [2.24, 2.45) is 0 Å². The summed E-state index contributed by atoms with van der Waals surface area (Å²) in [4.78, 5) is 14.4. The smallest absolute Gasteiger partial charge is 0.223 e. The molecule has 0 saturated carbocycles. The van der Waals surface area contributed by atoms with Crippen LogP contribution in [0.5, 0.6) is 0 Å². The topological polar surface area (TPSA) is 29.5 Å². The molecule has 4 heteroatoms. The molecular weight excluding hydrogens is 286 g/mol. The van der Waals surface area contributed by atoms with Crippen LogP contribution in [0.25, 0.3) is 0 Å². The fourth-order valence-corrected chi connectivity index (χ4v) is 3.02. The third-order valence-electron chi connectivity index (χ3n) is 3.88. The first-order valence-corrected chi connectivity index (χ1v) is 8.01. The zero-order valence-electron chi connectivity index (χ0n) is 13.1. The van der Waals surface area contributed by atoms with Gasteiger partial charge in [0.05, 0.1) is 17.6 Å². The molecular formula is C17H24ClNO2. The van der Waals surface area contributed by atoms with Gasteiger partial charge in [-0.05, 0) is 38.3 Å². The number of hydrogen-bond donors (Lipinski definition) is 0. The number of rotatable bonds is 4. The van der Waals surface area contributed by atoms with Gasteiger partial charge in [0.1, 0.15) is 0 Å². The Hall–Kier alpha value is -1.06. The van der Waals surface area contributed by atoms with Crippen molar-refractivity contribution in [1.82, 2.24) is 4.90 Å². The molecule has 1 amide bonds. The lowest BCUT2D eigenvalue weighted by molar-refractivity contribution is -0.157. The monoisotopic (exact) mass is 309 g/mol. The number of ether oxygens (including phenoxy) is 1. The van der Waals surface area contributed by atoms with Crippen molar-refractivity contribution in [2.45, 2.75) is 45.3 Å². The van der Waals surface area contributed by atoms with E-state index in [0.717, 1.165) is 6.42 Å². The Morgan fingerprint density at radius 2 is 2.14 bits per heavy atom. The van der Waals surface area contributed by atoms with E-state index < -0.39 is 0 Å². The molecule has 1 aliphatic rings. The normalized spacial score (nSPS) is 21.3. The average molecular weight is 310 g/mol. The van der Waals surface area contributed by atoms with Gasteiger partial charge in [0.2, 0.25) is 5.91 Å². The highest BCUT2D eigenvalue weighted by molar-refractivity contribution is 6.18. The Kier molecular flexibility index (Phi) is 5.28. The Morgan fingerprint density at radius 1 is 1.43 bits per heavy atom. The van der Waals surface area contributed by atoms with Crippen molar-refractivity contribution in [3.8, 4) is 0 Å². The summed E-state index contributed by atoms with van der Waals surface area (Å²) in [6.45, 7) is 7.33. The van der Waals surface area contributed by atoms with E-state index in [1.54, 1.807) is 0 Å². The maximum atomic E-state index is 12.5. The SMILES string of the molecule is Cc1ccccc1CCC(=O)N1CC(CCl)OC(C)(C)C1. The molecule has 1 aromatic rings. The fraction of sp³-hybridized carbons (Fsp3) is 0.588. The Morgan fingerprint density at radius 3 is 2.81 bits per heavy atom. The van der Waals surface area contributed by atoms with E-state index in [1.807, 2.05) is 30.9 Å². The van der Waals surface area contributed by atoms with Crippen molar-refractivity contribution in [3.05, 3.63) is 35.4 Å². The standard InChI is InChI=1S/C17H24ClNO2/c1-13-6-4-5-7-14(13)8-9-16(20)19-11-15(10-18)21-17(2,3)12-19/h4-7,15H,8-12H2,1-3H3. The number of nitrogens with zero attached hydrogens (tertiary/aromatic N) is 1. The predicted molar refractivity (Wildman–Crippen MR) is 85.8 cm³/mol. The first-order chi connectivity index (χ1) is 9.91. The minimum absolute atomic E-state index is 0.0715. The lowest BCUT2D eigenvalue weighted by atomic mass is 10.0. The van der Waals surface area contributed by atoms with Crippen LogP contribution < -0.4 is 0 Å². The number of halogens is 1. The second kappa shape index (κ2) is 6.80. The van der Waals surface area contributed by atoms with Crippen molar-refractivity contribution >= 4 is 17.5 Å². The van der Waals surface area contributed by atoms with Gasteiger partial charge in [-0.15, -0.1) is 11.6 Å². The second-order valence-electron chi connectivity index (χ2n) is 6.35. The molecule has 1 fully saturated rings. The molecule has 1 aliphatic heterocycles. The Balaban J connectivity index is 1.95. The summed E-state index contributed by atoms with van der Waals surface area (Å²) < 4.78 is 5.86. The number of carbonyl (C=O) groups excluding carboxylic acids is 1. The molecule has 1 saturated heterocycles. The van der Waals surface area contributed by atoms with Gasteiger partial charge in [-0.1, -0.05) is 24.3 Å². The highest BCUT2D eigenvalue weighted by Crippen LogP contribution is 2.22. The number of carbonyl (C=O) groups is 1. The van der Waals surface area contributed by atoms with Crippen LogP contribution in [0.2, 0.25) is 0 Å². The van der Waals surface area contributed by atoms with Gasteiger partial charge in [-0.25, -0.2) is 0 Å². The van der Waals surface area contributed by atoms with Gasteiger partial charge in [0.25, 0.3) is 0 Å². The molecule has 116 valence electrons. The van der Waals surface area contributed by atoms with Crippen LogP contribution in [-0.2, 0) is 16.0 Å². The molecule has 21 heavy (non-hydrogen) atoms. The highest BCUT2D eigenvalue weighted by Gasteiger charge is 2.34. The number of benzene rings is 1. The zero-order valence-corrected chi connectivity index (χ0v) is 13.8. The molecule has 1 unspecified atom stereocenters. The van der Waals surface area contributed by atoms with Crippen LogP contribution in [0.15, 0.2) is 24.3 Å². The number of amides is 1. The summed E-state index contributed by atoms with van der Waals surface area (Å²) in [5.41, 5.74) is 2.16. The average Bonchev–Trinajstić information content (AvgIpc) is 2.44. The van der Waals surface area contributed by atoms with Gasteiger partial charge in [-0.2, -0.15) is 0 Å². The van der Waals surface area contributed by atoms with Crippen molar-refractivity contribution in [1.29, 1.82) is 0 Å². The van der Waals surface area contributed by atoms with Gasteiger partial charge in [-0.3, -0.25) is 4.79 Å². The number of hydrogen-bond acceptors (Lipinski definition) is 2. The molecule has 0 bridgehead atoms. The lowest BCUT2D eigenvalue weighted by Crippen LogP contribution is -2.55. The molecule has 0 aliphatic carbocycles. The molecule has 0 spiro atoms. The predicted octanol–water partition coefficient (Wildman–Crippen LogP) is 3.17. The minimum Gasteiger partial charge on any atom is -0.367 e. The van der Waals surface area contributed by atoms with E-state index >= 15 is 0 Å². The summed E-state index contributed by atoms with van der Waals surface area (Å²) in [7, 11) is 0. The molecule has 1 atom stereocenters. The van der Waals surface area contributed by atoms with Gasteiger partial charge < -0.3 is 9.64 Å². The van der Waals surface area contributed by atoms with Crippen molar-refractivity contribution in [2.75, 3.05) is 19.0 Å². The third-order valence-corrected chi connectivity index (χ3v) is 4.22. The highest BCUT2D eigenvalue weighted by atomic mass is 35.5. The molecule has 0 aromatic heterocycles. The van der Waals surface area contributed by atoms with E-state index in [4.69, 9.17) is 16.3 Å². The zero-order chi connectivity index (χ0) is 15.5. The summed E-state index contributed by atoms with van der Waals surface area (Å²) in [5.74, 6) is 0.607. The molecule has 1 aromatic carbocycles. The van der Waals surface area contributed by atoms with Gasteiger partial charge >= 0.3 is 0 Å². The first kappa shape index (κ1) is 16.3. The minimum atomic E-state index is -0.323. The number of alkyl halides is 1. The number of aryl methyl sites for hydroxylation is 2. The van der Waals surface area contributed by atoms with E-state index in [0.29, 0.717) is 25.4 Å². The summed E-state index contributed by atoms with van der Waals surface area (Å²) in [6.07, 6.45) is 1.25. The van der Waals surface area contributed by atoms with Crippen molar-refractivity contribution < 1.29 is 9.53 Å². The summed E-state index contributed by atoms with van der Waals surface area (Å²) in [5, 5.41) is 0. The van der Waals surface area contributed by atoms with Gasteiger partial charge in [0, 0.05) is 19.5 Å². The number of morpholine rings is 1. The fourth-order valence-electron chi connectivity index (χ4n) is 2.86. The van der Waals surface area contributed by atoms with Crippen LogP contribution in [0, 0.1) is 6.92 Å². The van der Waals surface area contributed by atoms with E-state index in [1.165, 1.54) is 11.1 Å². The Labute approximate surface area is 132 Å². The second-order valence-corrected chi connectivity index (χ2v) is 6.66. The molecule has 0 N–H and O–H groups in total. The molecule has 2 rings (SSSR count). The van der Waals surface area contributed by atoms with E-state index in [2.05, 4.69) is 19.1 Å². The Bertz CT molecular complexity index is 501. The first-order valence-electron chi connectivity index (χ1n) is 7.47. The third kappa shape index (κ3) is 4.45. The molecule has 3 nitrogen and oxygen atoms in total. The maximum absolute atomic E-state index is 12.5. The maximum Gasteiger partial charge on any atom is 0.223 e. The lowest BCUT2D eigenvalue weighted by Gasteiger charge is -2.42. The van der Waals surface area contributed by atoms with Gasteiger partial charge in [0.15, 0.2) is 0 Å². The van der Waals surface area contributed by atoms with Crippen LogP contribution >= 0.6 is 11.6 Å². The molecule has 0 radical (unpaired) electrons. The van der Waals surface area contributed by atoms with E-state index in [9.17, 15) is 4.79 Å². The van der Waals surface area contributed by atoms with Crippen molar-refractivity contribution in [3.63, 3.8) is 0 Å². The van der Waals surface area contributed by atoms with Crippen LogP contribution in [0.1, 0.15) is 31.4 Å². The summed E-state index contributed by atoms with van der Waals surface area (Å²) >= 11 is 5.91. The molecule has 1 heterocycles. The summed E-state index contributed by atoms with van der Waals surface area (Å²) in [6, 6.07) is 8.22.